The molecule has 1 aliphatic heterocycles. The van der Waals surface area contributed by atoms with E-state index in [4.69, 9.17) is 21.3 Å². The highest BCUT2D eigenvalue weighted by Gasteiger charge is 2.15. The lowest BCUT2D eigenvalue weighted by atomic mass is 10.2. The van der Waals surface area contributed by atoms with Crippen LogP contribution >= 0.6 is 11.6 Å². The molecular formula is C25H20ClFN4O2. The number of ether oxygens (including phenoxy) is 1. The zero-order chi connectivity index (χ0) is 22.8. The number of anilines is 2. The Morgan fingerprint density at radius 2 is 1.88 bits per heavy atom. The smallest absolute Gasteiger partial charge is 0.255 e. The molecule has 0 spiro atoms. The molecule has 2 heterocycles. The summed E-state index contributed by atoms with van der Waals surface area (Å²) >= 11 is 5.93. The molecule has 8 heteroatoms. The van der Waals surface area contributed by atoms with Crippen molar-refractivity contribution in [2.45, 2.75) is 12.8 Å². The van der Waals surface area contributed by atoms with Gasteiger partial charge in [0.25, 0.3) is 5.91 Å². The van der Waals surface area contributed by atoms with Gasteiger partial charge in [0.05, 0.1) is 17.2 Å². The molecule has 33 heavy (non-hydrogen) atoms. The Morgan fingerprint density at radius 3 is 2.67 bits per heavy atom. The van der Waals surface area contributed by atoms with Gasteiger partial charge in [-0.2, -0.15) is 0 Å². The van der Waals surface area contributed by atoms with Crippen molar-refractivity contribution in [3.8, 4) is 11.5 Å². The van der Waals surface area contributed by atoms with Crippen molar-refractivity contribution in [3.63, 3.8) is 0 Å². The van der Waals surface area contributed by atoms with E-state index in [1.165, 1.54) is 12.1 Å². The highest BCUT2D eigenvalue weighted by atomic mass is 35.5. The van der Waals surface area contributed by atoms with Crippen LogP contribution in [0.4, 0.5) is 15.9 Å². The third kappa shape index (κ3) is 4.73. The second-order valence-corrected chi connectivity index (χ2v) is 8.22. The summed E-state index contributed by atoms with van der Waals surface area (Å²) in [5.74, 6) is 0.343. The molecular weight excluding hydrogens is 443 g/mol. The third-order valence-electron chi connectivity index (χ3n) is 5.44. The highest BCUT2D eigenvalue weighted by molar-refractivity contribution is 6.31. The number of rotatable bonds is 5. The monoisotopic (exact) mass is 462 g/mol. The number of hydrogen-bond donors (Lipinski definition) is 1. The molecule has 3 aromatic carbocycles. The molecule has 0 bridgehead atoms. The number of amides is 1. The van der Waals surface area contributed by atoms with Crippen LogP contribution in [0.25, 0.3) is 11.0 Å². The van der Waals surface area contributed by atoms with Gasteiger partial charge in [-0.3, -0.25) is 9.78 Å². The van der Waals surface area contributed by atoms with E-state index in [1.54, 1.807) is 54.7 Å². The van der Waals surface area contributed by atoms with E-state index in [2.05, 4.69) is 15.2 Å². The molecule has 5 rings (SSSR count). The molecule has 0 aliphatic carbocycles. The van der Waals surface area contributed by atoms with E-state index < -0.39 is 5.82 Å². The SMILES string of the molecule is O=C(Nc1ccc(Oc2ccc3ncc(N4CCCC4)nc3c2)c(F)c1)c1cccc(Cl)c1. The Balaban J connectivity index is 1.33. The van der Waals surface area contributed by atoms with E-state index in [9.17, 15) is 9.18 Å². The van der Waals surface area contributed by atoms with Gasteiger partial charge < -0.3 is 15.0 Å². The van der Waals surface area contributed by atoms with Crippen molar-refractivity contribution in [3.05, 3.63) is 83.3 Å². The Bertz CT molecular complexity index is 1340. The zero-order valence-corrected chi connectivity index (χ0v) is 18.3. The molecule has 0 atom stereocenters. The Kier molecular flexibility index (Phi) is 5.79. The molecule has 0 saturated carbocycles. The first-order valence-corrected chi connectivity index (χ1v) is 11.0. The molecule has 0 unspecified atom stereocenters. The number of aromatic nitrogens is 2. The van der Waals surface area contributed by atoms with Crippen LogP contribution in [0.3, 0.4) is 0 Å². The van der Waals surface area contributed by atoms with E-state index in [0.29, 0.717) is 27.5 Å². The number of nitrogens with zero attached hydrogens (tertiary/aromatic N) is 3. The molecule has 1 N–H and O–H groups in total. The summed E-state index contributed by atoms with van der Waals surface area (Å²) in [6.07, 6.45) is 4.08. The lowest BCUT2D eigenvalue weighted by Gasteiger charge is -2.16. The summed E-state index contributed by atoms with van der Waals surface area (Å²) in [5.41, 5.74) is 2.12. The zero-order valence-electron chi connectivity index (χ0n) is 17.6. The number of nitrogens with one attached hydrogen (secondary N) is 1. The number of fused-ring (bicyclic) bond motifs is 1. The average molecular weight is 463 g/mol. The maximum absolute atomic E-state index is 14.7. The number of halogens is 2. The van der Waals surface area contributed by atoms with Crippen molar-refractivity contribution in [2.24, 2.45) is 0 Å². The second-order valence-electron chi connectivity index (χ2n) is 7.78. The average Bonchev–Trinajstić information content (AvgIpc) is 3.35. The maximum Gasteiger partial charge on any atom is 0.255 e. The predicted molar refractivity (Wildman–Crippen MR) is 127 cm³/mol. The van der Waals surface area contributed by atoms with Gasteiger partial charge in [0, 0.05) is 41.5 Å². The molecule has 4 aromatic rings. The summed E-state index contributed by atoms with van der Waals surface area (Å²) in [4.78, 5) is 23.7. The van der Waals surface area contributed by atoms with Gasteiger partial charge in [-0.25, -0.2) is 9.37 Å². The van der Waals surface area contributed by atoms with E-state index in [-0.39, 0.29) is 11.7 Å². The van der Waals surface area contributed by atoms with Crippen LogP contribution in [0, 0.1) is 5.82 Å². The lowest BCUT2D eigenvalue weighted by molar-refractivity contribution is 0.102. The summed E-state index contributed by atoms with van der Waals surface area (Å²) in [6.45, 7) is 1.95. The summed E-state index contributed by atoms with van der Waals surface area (Å²) in [6, 6.07) is 16.1. The summed E-state index contributed by atoms with van der Waals surface area (Å²) in [7, 11) is 0. The Hall–Kier alpha value is -3.71. The summed E-state index contributed by atoms with van der Waals surface area (Å²) in [5, 5.41) is 3.11. The maximum atomic E-state index is 14.7. The number of hydrogen-bond acceptors (Lipinski definition) is 5. The van der Waals surface area contributed by atoms with Crippen LogP contribution in [0.15, 0.2) is 66.9 Å². The Labute approximate surface area is 195 Å². The topological polar surface area (TPSA) is 67.3 Å². The molecule has 1 aromatic heterocycles. The standard InChI is InChI=1S/C25H20ClFN4O2/c26-17-5-3-4-16(12-17)25(32)29-18-6-9-23(20(27)13-18)33-19-7-8-21-22(14-19)30-24(15-28-21)31-10-1-2-11-31/h3-9,12-15H,1-2,10-11H2,(H,29,32). The molecule has 1 saturated heterocycles. The predicted octanol–water partition coefficient (Wildman–Crippen LogP) is 6.07. The van der Waals surface area contributed by atoms with E-state index in [0.717, 1.165) is 37.3 Å². The van der Waals surface area contributed by atoms with Crippen LogP contribution in [0.2, 0.25) is 5.02 Å². The van der Waals surface area contributed by atoms with Gasteiger partial charge >= 0.3 is 0 Å². The van der Waals surface area contributed by atoms with Gasteiger partial charge in [0.15, 0.2) is 11.6 Å². The first-order chi connectivity index (χ1) is 16.0. The molecule has 1 amide bonds. The normalized spacial score (nSPS) is 13.3. The first kappa shape index (κ1) is 21.2. The first-order valence-electron chi connectivity index (χ1n) is 10.6. The minimum atomic E-state index is -0.601. The van der Waals surface area contributed by atoms with Crippen LogP contribution < -0.4 is 15.0 Å². The van der Waals surface area contributed by atoms with Crippen molar-refractivity contribution >= 4 is 40.0 Å². The van der Waals surface area contributed by atoms with Gasteiger partial charge in [0.1, 0.15) is 11.6 Å². The van der Waals surface area contributed by atoms with Crippen molar-refractivity contribution in [1.82, 2.24) is 9.97 Å². The highest BCUT2D eigenvalue weighted by Crippen LogP contribution is 2.29. The second kappa shape index (κ2) is 9.03. The van der Waals surface area contributed by atoms with Crippen molar-refractivity contribution < 1.29 is 13.9 Å². The number of benzene rings is 3. The van der Waals surface area contributed by atoms with Crippen molar-refractivity contribution in [2.75, 3.05) is 23.3 Å². The van der Waals surface area contributed by atoms with E-state index in [1.807, 2.05) is 0 Å². The number of carbonyl (C=O) groups is 1. The lowest BCUT2D eigenvalue weighted by Crippen LogP contribution is -2.19. The molecule has 6 nitrogen and oxygen atoms in total. The fourth-order valence-electron chi connectivity index (χ4n) is 3.76. The fourth-order valence-corrected chi connectivity index (χ4v) is 3.96. The van der Waals surface area contributed by atoms with E-state index >= 15 is 0 Å². The van der Waals surface area contributed by atoms with Crippen LogP contribution in [-0.4, -0.2) is 29.0 Å². The van der Waals surface area contributed by atoms with Crippen molar-refractivity contribution in [1.29, 1.82) is 0 Å². The molecule has 1 aliphatic rings. The van der Waals surface area contributed by atoms with Crippen LogP contribution in [-0.2, 0) is 0 Å². The fraction of sp³-hybridized carbons (Fsp3) is 0.160. The summed E-state index contributed by atoms with van der Waals surface area (Å²) < 4.78 is 20.5. The molecule has 1 fully saturated rings. The van der Waals surface area contributed by atoms with Gasteiger partial charge in [-0.15, -0.1) is 0 Å². The van der Waals surface area contributed by atoms with Gasteiger partial charge in [0.2, 0.25) is 0 Å². The van der Waals surface area contributed by atoms with Gasteiger partial charge in [-0.05, 0) is 55.3 Å². The van der Waals surface area contributed by atoms with Crippen LogP contribution in [0.1, 0.15) is 23.2 Å². The quantitative estimate of drug-likeness (QED) is 0.390. The Morgan fingerprint density at radius 1 is 1.03 bits per heavy atom. The third-order valence-corrected chi connectivity index (χ3v) is 5.67. The molecule has 0 radical (unpaired) electrons. The van der Waals surface area contributed by atoms with Gasteiger partial charge in [-0.1, -0.05) is 17.7 Å². The minimum absolute atomic E-state index is 0.0405. The largest absolute Gasteiger partial charge is 0.454 e. The molecule has 166 valence electrons. The van der Waals surface area contributed by atoms with Crippen LogP contribution in [0.5, 0.6) is 11.5 Å². The number of carbonyl (C=O) groups excluding carboxylic acids is 1. The minimum Gasteiger partial charge on any atom is -0.454 e.